The highest BCUT2D eigenvalue weighted by Gasteiger charge is 2.30. The summed E-state index contributed by atoms with van der Waals surface area (Å²) in [5, 5.41) is 3.17. The summed E-state index contributed by atoms with van der Waals surface area (Å²) in [5.74, 6) is -0.200. The van der Waals surface area contributed by atoms with Crippen LogP contribution in [0.4, 0.5) is 14.9 Å². The third-order valence-corrected chi connectivity index (χ3v) is 5.13. The minimum Gasteiger partial charge on any atom is -0.365 e. The summed E-state index contributed by atoms with van der Waals surface area (Å²) < 4.78 is 14.0. The number of hydrogen-bond donors (Lipinski definition) is 1. The van der Waals surface area contributed by atoms with Crippen LogP contribution in [0.3, 0.4) is 0 Å². The van der Waals surface area contributed by atoms with Gasteiger partial charge in [0.2, 0.25) is 0 Å². The molecule has 0 radical (unpaired) electrons. The highest BCUT2D eigenvalue weighted by atomic mass is 19.1. The zero-order valence-electron chi connectivity index (χ0n) is 14.5. The second kappa shape index (κ2) is 7.38. The topological polar surface area (TPSA) is 38.8 Å². The van der Waals surface area contributed by atoms with E-state index in [0.29, 0.717) is 25.3 Å². The van der Waals surface area contributed by atoms with Crippen molar-refractivity contribution in [2.24, 2.45) is 0 Å². The summed E-state index contributed by atoms with van der Waals surface area (Å²) in [6.07, 6.45) is 2.01. The Labute approximate surface area is 143 Å². The summed E-state index contributed by atoms with van der Waals surface area (Å²) in [6, 6.07) is 7.19. The quantitative estimate of drug-likeness (QED) is 0.901. The van der Waals surface area contributed by atoms with Crippen LogP contribution in [0.1, 0.15) is 19.8 Å². The lowest BCUT2D eigenvalue weighted by Crippen LogP contribution is -2.58. The number of urea groups is 1. The van der Waals surface area contributed by atoms with Crippen molar-refractivity contribution >= 4 is 11.7 Å². The van der Waals surface area contributed by atoms with E-state index in [1.54, 1.807) is 12.1 Å². The fourth-order valence-electron chi connectivity index (χ4n) is 3.60. The Morgan fingerprint density at radius 2 is 1.88 bits per heavy atom. The third kappa shape index (κ3) is 3.80. The molecule has 0 spiro atoms. The lowest BCUT2D eigenvalue weighted by molar-refractivity contribution is 0.159. The number of nitrogens with zero attached hydrogens (tertiary/aromatic N) is 3. The molecule has 132 valence electrons. The van der Waals surface area contributed by atoms with Gasteiger partial charge in [-0.25, -0.2) is 9.18 Å². The number of nitrogens with one attached hydrogen (secondary N) is 1. The molecule has 0 unspecified atom stereocenters. The van der Waals surface area contributed by atoms with Crippen LogP contribution in [-0.4, -0.2) is 67.7 Å². The summed E-state index contributed by atoms with van der Waals surface area (Å²) in [6.45, 7) is 6.02. The molecule has 0 aliphatic carbocycles. The number of likely N-dealkylation sites (tertiary alicyclic amines) is 1. The molecule has 0 saturated carbocycles. The normalized spacial score (nSPS) is 23.4. The van der Waals surface area contributed by atoms with Gasteiger partial charge in [0.1, 0.15) is 5.82 Å². The lowest BCUT2D eigenvalue weighted by Gasteiger charge is -2.42. The van der Waals surface area contributed by atoms with Crippen molar-refractivity contribution < 1.29 is 9.18 Å². The smallest absolute Gasteiger partial charge is 0.317 e. The number of benzene rings is 1. The van der Waals surface area contributed by atoms with Crippen LogP contribution in [0.15, 0.2) is 24.3 Å². The van der Waals surface area contributed by atoms with Crippen LogP contribution < -0.4 is 10.2 Å². The molecule has 2 saturated heterocycles. The van der Waals surface area contributed by atoms with Gasteiger partial charge in [0, 0.05) is 31.7 Å². The summed E-state index contributed by atoms with van der Waals surface area (Å²) in [7, 11) is 2.11. The molecule has 6 heteroatoms. The lowest BCUT2D eigenvalue weighted by atomic mass is 10.1. The van der Waals surface area contributed by atoms with E-state index >= 15 is 0 Å². The Morgan fingerprint density at radius 1 is 1.17 bits per heavy atom. The number of rotatable bonds is 2. The molecular formula is C18H27FN4O. The number of carbonyl (C=O) groups is 1. The average molecular weight is 334 g/mol. The van der Waals surface area contributed by atoms with Crippen molar-refractivity contribution in [2.75, 3.05) is 44.7 Å². The van der Waals surface area contributed by atoms with E-state index in [2.05, 4.69) is 17.3 Å². The first-order valence-corrected chi connectivity index (χ1v) is 8.79. The van der Waals surface area contributed by atoms with Gasteiger partial charge in [-0.3, -0.25) is 0 Å². The SMILES string of the molecule is C[C@@H]1CN(c2ccccc2F)CCN1C(=O)NC1CCN(C)CC1. The number of para-hydroxylation sites is 1. The summed E-state index contributed by atoms with van der Waals surface area (Å²) in [5.41, 5.74) is 0.625. The molecule has 2 amide bonds. The molecule has 1 aromatic carbocycles. The first-order valence-electron chi connectivity index (χ1n) is 8.79. The molecule has 5 nitrogen and oxygen atoms in total. The Bertz CT molecular complexity index is 574. The Kier molecular flexibility index (Phi) is 5.23. The molecule has 1 atom stereocenters. The standard InChI is InChI=1S/C18H27FN4O/c1-14-13-22(17-6-4-3-5-16(17)19)11-12-23(14)18(24)20-15-7-9-21(2)10-8-15/h3-6,14-15H,7-13H2,1-2H3,(H,20,24)/t14-/m1/s1. The van der Waals surface area contributed by atoms with Crippen molar-refractivity contribution in [2.45, 2.75) is 31.8 Å². The summed E-state index contributed by atoms with van der Waals surface area (Å²) in [4.78, 5) is 18.8. The maximum Gasteiger partial charge on any atom is 0.317 e. The van der Waals surface area contributed by atoms with Gasteiger partial charge in [-0.05, 0) is 52.0 Å². The van der Waals surface area contributed by atoms with Crippen LogP contribution in [0.5, 0.6) is 0 Å². The molecule has 2 aliphatic rings. The Morgan fingerprint density at radius 3 is 2.54 bits per heavy atom. The van der Waals surface area contributed by atoms with Crippen molar-refractivity contribution in [3.8, 4) is 0 Å². The van der Waals surface area contributed by atoms with Crippen LogP contribution in [0.25, 0.3) is 0 Å². The number of piperidine rings is 1. The number of piperazine rings is 1. The molecule has 0 bridgehead atoms. The average Bonchev–Trinajstić information content (AvgIpc) is 2.57. The predicted molar refractivity (Wildman–Crippen MR) is 93.8 cm³/mol. The number of carbonyl (C=O) groups excluding carboxylic acids is 1. The minimum atomic E-state index is -0.200. The highest BCUT2D eigenvalue weighted by Crippen LogP contribution is 2.22. The first kappa shape index (κ1) is 17.0. The third-order valence-electron chi connectivity index (χ3n) is 5.13. The predicted octanol–water partition coefficient (Wildman–Crippen LogP) is 2.14. The van der Waals surface area contributed by atoms with Gasteiger partial charge in [-0.15, -0.1) is 0 Å². The number of halogens is 1. The van der Waals surface area contributed by atoms with Gasteiger partial charge >= 0.3 is 6.03 Å². The minimum absolute atomic E-state index is 0.0187. The highest BCUT2D eigenvalue weighted by molar-refractivity contribution is 5.75. The van der Waals surface area contributed by atoms with Gasteiger partial charge in [-0.1, -0.05) is 12.1 Å². The van der Waals surface area contributed by atoms with Gasteiger partial charge in [-0.2, -0.15) is 0 Å². The van der Waals surface area contributed by atoms with E-state index in [-0.39, 0.29) is 23.9 Å². The van der Waals surface area contributed by atoms with Crippen LogP contribution >= 0.6 is 0 Å². The fourth-order valence-corrected chi connectivity index (χ4v) is 3.60. The van der Waals surface area contributed by atoms with E-state index in [9.17, 15) is 9.18 Å². The van der Waals surface area contributed by atoms with E-state index in [4.69, 9.17) is 0 Å². The second-order valence-corrected chi connectivity index (χ2v) is 6.97. The molecule has 2 fully saturated rings. The molecule has 1 aromatic rings. The first-order chi connectivity index (χ1) is 11.5. The fraction of sp³-hybridized carbons (Fsp3) is 0.611. The molecule has 2 aliphatic heterocycles. The van der Waals surface area contributed by atoms with E-state index in [1.807, 2.05) is 22.8 Å². The second-order valence-electron chi connectivity index (χ2n) is 6.97. The zero-order valence-corrected chi connectivity index (χ0v) is 14.5. The molecule has 3 rings (SSSR count). The Balaban J connectivity index is 1.55. The van der Waals surface area contributed by atoms with Crippen molar-refractivity contribution in [3.05, 3.63) is 30.1 Å². The maximum absolute atomic E-state index is 14.0. The zero-order chi connectivity index (χ0) is 17.1. The Hall–Kier alpha value is -1.82. The van der Waals surface area contributed by atoms with Gasteiger partial charge < -0.3 is 20.0 Å². The van der Waals surface area contributed by atoms with Crippen LogP contribution in [0, 0.1) is 5.82 Å². The number of amides is 2. The van der Waals surface area contributed by atoms with Gasteiger partial charge in [0.15, 0.2) is 0 Å². The largest absolute Gasteiger partial charge is 0.365 e. The van der Waals surface area contributed by atoms with Crippen molar-refractivity contribution in [3.63, 3.8) is 0 Å². The molecule has 24 heavy (non-hydrogen) atoms. The number of anilines is 1. The maximum atomic E-state index is 14.0. The molecule has 0 aromatic heterocycles. The molecule has 1 N–H and O–H groups in total. The molecular weight excluding hydrogens is 307 g/mol. The summed E-state index contributed by atoms with van der Waals surface area (Å²) >= 11 is 0. The van der Waals surface area contributed by atoms with E-state index < -0.39 is 0 Å². The molecule has 2 heterocycles. The van der Waals surface area contributed by atoms with Crippen LogP contribution in [-0.2, 0) is 0 Å². The van der Waals surface area contributed by atoms with Crippen molar-refractivity contribution in [1.82, 2.24) is 15.1 Å². The monoisotopic (exact) mass is 334 g/mol. The van der Waals surface area contributed by atoms with Gasteiger partial charge in [0.05, 0.1) is 5.69 Å². The van der Waals surface area contributed by atoms with E-state index in [0.717, 1.165) is 25.9 Å². The van der Waals surface area contributed by atoms with Crippen LogP contribution in [0.2, 0.25) is 0 Å². The van der Waals surface area contributed by atoms with Crippen molar-refractivity contribution in [1.29, 1.82) is 0 Å². The van der Waals surface area contributed by atoms with E-state index in [1.165, 1.54) is 6.07 Å². The number of hydrogen-bond acceptors (Lipinski definition) is 3. The van der Waals surface area contributed by atoms with Gasteiger partial charge in [0.25, 0.3) is 0 Å².